The van der Waals surface area contributed by atoms with Gasteiger partial charge in [0.25, 0.3) is 0 Å². The van der Waals surface area contributed by atoms with Gasteiger partial charge in [-0.3, -0.25) is 9.88 Å². The average molecular weight is 420 g/mol. The van der Waals surface area contributed by atoms with Gasteiger partial charge in [0.15, 0.2) is 0 Å². The van der Waals surface area contributed by atoms with E-state index in [0.29, 0.717) is 12.5 Å². The molecule has 0 spiro atoms. The highest BCUT2D eigenvalue weighted by atomic mass is 16.3. The second-order valence-electron chi connectivity index (χ2n) is 8.99. The fourth-order valence-corrected chi connectivity index (χ4v) is 5.38. The molecule has 3 aromatic rings. The molecule has 6 nitrogen and oxygen atoms in total. The molecule has 2 aromatic heterocycles. The summed E-state index contributed by atoms with van der Waals surface area (Å²) in [5, 5.41) is 13.4. The summed E-state index contributed by atoms with van der Waals surface area (Å²) >= 11 is 0. The van der Waals surface area contributed by atoms with Crippen molar-refractivity contribution >= 4 is 11.0 Å². The number of imidazole rings is 1. The Balaban J connectivity index is 1.47. The Morgan fingerprint density at radius 2 is 2.06 bits per heavy atom. The molecule has 1 aromatic carbocycles. The lowest BCUT2D eigenvalue weighted by molar-refractivity contribution is 0.124. The number of hydrogen-bond donors (Lipinski definition) is 2. The zero-order valence-corrected chi connectivity index (χ0v) is 18.2. The molecule has 164 valence electrons. The number of pyridine rings is 1. The topological polar surface area (TPSA) is 66.2 Å². The summed E-state index contributed by atoms with van der Waals surface area (Å²) in [5.74, 6) is 1.73. The standard InChI is InChI=1S/C25H33N5O/c31-15-14-29(23-11-3-7-20-8-5-13-27-25(20)23)18-24-28-21-9-1-2-10-22(21)30(24)17-19-6-4-12-26-16-19/h1-2,5,8-10,13,19,23,26,31H,3-4,6-7,11-12,14-18H2/t19-,23-/m0/s1. The highest BCUT2D eigenvalue weighted by molar-refractivity contribution is 5.75. The van der Waals surface area contributed by atoms with Gasteiger partial charge in [-0.15, -0.1) is 0 Å². The van der Waals surface area contributed by atoms with Gasteiger partial charge < -0.3 is 15.0 Å². The van der Waals surface area contributed by atoms with Crippen LogP contribution in [0.3, 0.4) is 0 Å². The third-order valence-corrected chi connectivity index (χ3v) is 6.91. The molecule has 2 N–H and O–H groups in total. The number of nitrogens with one attached hydrogen (secondary N) is 1. The largest absolute Gasteiger partial charge is 0.395 e. The van der Waals surface area contributed by atoms with E-state index in [9.17, 15) is 5.11 Å². The van der Waals surface area contributed by atoms with Crippen LogP contribution < -0.4 is 5.32 Å². The van der Waals surface area contributed by atoms with Crippen molar-refractivity contribution < 1.29 is 5.11 Å². The van der Waals surface area contributed by atoms with E-state index in [1.807, 2.05) is 12.3 Å². The van der Waals surface area contributed by atoms with Crippen molar-refractivity contribution in [3.63, 3.8) is 0 Å². The molecule has 31 heavy (non-hydrogen) atoms. The first-order valence-electron chi connectivity index (χ1n) is 11.8. The third kappa shape index (κ3) is 4.38. The maximum absolute atomic E-state index is 9.87. The van der Waals surface area contributed by atoms with E-state index in [4.69, 9.17) is 9.97 Å². The van der Waals surface area contributed by atoms with Gasteiger partial charge in [0.1, 0.15) is 5.82 Å². The molecule has 0 saturated carbocycles. The van der Waals surface area contributed by atoms with Crippen LogP contribution in [0.25, 0.3) is 11.0 Å². The predicted molar refractivity (Wildman–Crippen MR) is 123 cm³/mol. The lowest BCUT2D eigenvalue weighted by Crippen LogP contribution is -2.36. The maximum Gasteiger partial charge on any atom is 0.124 e. The van der Waals surface area contributed by atoms with Crippen molar-refractivity contribution in [3.05, 3.63) is 59.7 Å². The smallest absolute Gasteiger partial charge is 0.124 e. The molecule has 5 rings (SSSR count). The van der Waals surface area contributed by atoms with Crippen molar-refractivity contribution in [2.75, 3.05) is 26.2 Å². The third-order valence-electron chi connectivity index (χ3n) is 6.91. The van der Waals surface area contributed by atoms with Crippen LogP contribution in [-0.2, 0) is 19.5 Å². The Hall–Kier alpha value is -2.28. The van der Waals surface area contributed by atoms with E-state index in [1.165, 1.54) is 29.6 Å². The van der Waals surface area contributed by atoms with Crippen LogP contribution in [0.15, 0.2) is 42.6 Å². The lowest BCUT2D eigenvalue weighted by Gasteiger charge is -2.34. The first-order chi connectivity index (χ1) is 15.3. The molecule has 0 bridgehead atoms. The molecule has 6 heteroatoms. The molecular formula is C25H33N5O. The molecule has 1 saturated heterocycles. The minimum atomic E-state index is 0.144. The molecule has 2 atom stereocenters. The van der Waals surface area contributed by atoms with Crippen molar-refractivity contribution in [2.24, 2.45) is 5.92 Å². The number of rotatable bonds is 7. The zero-order chi connectivity index (χ0) is 21.0. The Morgan fingerprint density at radius 3 is 2.94 bits per heavy atom. The first kappa shape index (κ1) is 20.6. The van der Waals surface area contributed by atoms with Crippen LogP contribution in [0.1, 0.15) is 48.8 Å². The second-order valence-corrected chi connectivity index (χ2v) is 8.99. The number of aryl methyl sites for hydroxylation is 1. The summed E-state index contributed by atoms with van der Waals surface area (Å²) < 4.78 is 2.43. The van der Waals surface area contributed by atoms with Crippen molar-refractivity contribution in [2.45, 2.75) is 51.2 Å². The predicted octanol–water partition coefficient (Wildman–Crippen LogP) is 3.30. The van der Waals surface area contributed by atoms with Crippen molar-refractivity contribution in [1.82, 2.24) is 24.8 Å². The van der Waals surface area contributed by atoms with Crippen LogP contribution in [-0.4, -0.2) is 50.8 Å². The van der Waals surface area contributed by atoms with E-state index < -0.39 is 0 Å². The summed E-state index contributed by atoms with van der Waals surface area (Å²) in [6.07, 6.45) is 7.75. The van der Waals surface area contributed by atoms with Gasteiger partial charge in [0.2, 0.25) is 0 Å². The number of aliphatic hydroxyl groups is 1. The summed E-state index contributed by atoms with van der Waals surface area (Å²) in [5.41, 5.74) is 4.81. The highest BCUT2D eigenvalue weighted by Gasteiger charge is 2.28. The minimum absolute atomic E-state index is 0.144. The molecule has 1 aliphatic carbocycles. The molecular weight excluding hydrogens is 386 g/mol. The van der Waals surface area contributed by atoms with E-state index in [-0.39, 0.29) is 12.6 Å². The summed E-state index contributed by atoms with van der Waals surface area (Å²) in [4.78, 5) is 12.2. The molecule has 0 amide bonds. The number of benzene rings is 1. The zero-order valence-electron chi connectivity index (χ0n) is 18.2. The quantitative estimate of drug-likeness (QED) is 0.615. The summed E-state index contributed by atoms with van der Waals surface area (Å²) in [7, 11) is 0. The monoisotopic (exact) mass is 419 g/mol. The number of fused-ring (bicyclic) bond motifs is 2. The van der Waals surface area contributed by atoms with Gasteiger partial charge in [-0.2, -0.15) is 0 Å². The normalized spacial score (nSPS) is 21.5. The van der Waals surface area contributed by atoms with Crippen LogP contribution in [0, 0.1) is 5.92 Å². The van der Waals surface area contributed by atoms with Gasteiger partial charge in [0, 0.05) is 19.3 Å². The number of aliphatic hydroxyl groups excluding tert-OH is 1. The van der Waals surface area contributed by atoms with E-state index >= 15 is 0 Å². The van der Waals surface area contributed by atoms with Crippen LogP contribution in [0.2, 0.25) is 0 Å². The van der Waals surface area contributed by atoms with E-state index in [1.54, 1.807) is 0 Å². The first-order valence-corrected chi connectivity index (χ1v) is 11.8. The fourth-order valence-electron chi connectivity index (χ4n) is 5.38. The molecule has 3 heterocycles. The SMILES string of the molecule is OCCN(Cc1nc2ccccc2n1C[C@H]1CCCNC1)[C@H]1CCCc2cccnc21. The Kier molecular flexibility index (Phi) is 6.30. The molecule has 1 aliphatic heterocycles. The number of para-hydroxylation sites is 2. The number of nitrogens with zero attached hydrogens (tertiary/aromatic N) is 4. The molecule has 2 aliphatic rings. The Labute approximate surface area is 184 Å². The van der Waals surface area contributed by atoms with Gasteiger partial charge in [-0.1, -0.05) is 18.2 Å². The number of hydrogen-bond acceptors (Lipinski definition) is 5. The maximum atomic E-state index is 9.87. The molecule has 0 unspecified atom stereocenters. The van der Waals surface area contributed by atoms with Crippen LogP contribution in [0.4, 0.5) is 0 Å². The average Bonchev–Trinajstić information content (AvgIpc) is 3.16. The van der Waals surface area contributed by atoms with Gasteiger partial charge in [0.05, 0.1) is 35.9 Å². The van der Waals surface area contributed by atoms with E-state index in [0.717, 1.165) is 56.8 Å². The van der Waals surface area contributed by atoms with Crippen LogP contribution in [0.5, 0.6) is 0 Å². The van der Waals surface area contributed by atoms with Crippen LogP contribution >= 0.6 is 0 Å². The Bertz CT molecular complexity index is 1010. The summed E-state index contributed by atoms with van der Waals surface area (Å²) in [6, 6.07) is 13.0. The van der Waals surface area contributed by atoms with Gasteiger partial charge in [-0.05, 0) is 74.9 Å². The highest BCUT2D eigenvalue weighted by Crippen LogP contribution is 2.34. The Morgan fingerprint density at radius 1 is 1.13 bits per heavy atom. The fraction of sp³-hybridized carbons (Fsp3) is 0.520. The number of piperidine rings is 1. The van der Waals surface area contributed by atoms with Crippen molar-refractivity contribution in [3.8, 4) is 0 Å². The molecule has 1 fully saturated rings. The van der Waals surface area contributed by atoms with Gasteiger partial charge in [-0.25, -0.2) is 4.98 Å². The van der Waals surface area contributed by atoms with Gasteiger partial charge >= 0.3 is 0 Å². The number of aromatic nitrogens is 3. The lowest BCUT2D eigenvalue weighted by atomic mass is 9.91. The van der Waals surface area contributed by atoms with Crippen molar-refractivity contribution in [1.29, 1.82) is 0 Å². The molecule has 0 radical (unpaired) electrons. The second kappa shape index (κ2) is 9.47. The summed E-state index contributed by atoms with van der Waals surface area (Å²) in [6.45, 7) is 4.71. The minimum Gasteiger partial charge on any atom is -0.395 e. The van der Waals surface area contributed by atoms with E-state index in [2.05, 4.69) is 45.1 Å².